The first-order valence-corrected chi connectivity index (χ1v) is 20.2. The first kappa shape index (κ1) is 33.5. The van der Waals surface area contributed by atoms with E-state index in [2.05, 4.69) is 175 Å². The van der Waals surface area contributed by atoms with E-state index < -0.39 is 0 Å². The van der Waals surface area contributed by atoms with Gasteiger partial charge in [0.15, 0.2) is 17.5 Å². The molecule has 8 aromatic carbocycles. The zero-order valence-corrected chi connectivity index (χ0v) is 32.6. The van der Waals surface area contributed by atoms with Crippen LogP contribution in [-0.2, 0) is 5.41 Å². The summed E-state index contributed by atoms with van der Waals surface area (Å²) in [6.45, 7) is 4.69. The highest BCUT2D eigenvalue weighted by molar-refractivity contribution is 6.15. The first-order chi connectivity index (χ1) is 29.0. The Hall–Kier alpha value is -7.63. The molecule has 0 radical (unpaired) electrons. The van der Waals surface area contributed by atoms with Crippen LogP contribution in [0.2, 0.25) is 0 Å². The van der Waals surface area contributed by atoms with Crippen LogP contribution >= 0.6 is 0 Å². The number of hydrogen-bond donors (Lipinski definition) is 0. The molecule has 11 aromatic rings. The lowest BCUT2D eigenvalue weighted by molar-refractivity contribution is 0.660. The molecule has 0 N–H and O–H groups in total. The van der Waals surface area contributed by atoms with Crippen LogP contribution in [0, 0.1) is 0 Å². The summed E-state index contributed by atoms with van der Waals surface area (Å²) in [6.07, 6.45) is 2.18. The van der Waals surface area contributed by atoms with Crippen LogP contribution in [0.4, 0.5) is 0 Å². The molecule has 0 saturated heterocycles. The highest BCUT2D eigenvalue weighted by Gasteiger charge is 2.36. The zero-order valence-electron chi connectivity index (χ0n) is 32.6. The summed E-state index contributed by atoms with van der Waals surface area (Å²) < 4.78 is 4.74. The van der Waals surface area contributed by atoms with Crippen LogP contribution < -0.4 is 0 Å². The quantitative estimate of drug-likeness (QED) is 0.176. The minimum absolute atomic E-state index is 0.270. The predicted octanol–water partition coefficient (Wildman–Crippen LogP) is 13.4. The number of fused-ring (bicyclic) bond motifs is 8. The summed E-state index contributed by atoms with van der Waals surface area (Å²) in [4.78, 5) is 15.0. The van der Waals surface area contributed by atoms with Gasteiger partial charge in [-0.2, -0.15) is 0 Å². The molecule has 59 heavy (non-hydrogen) atoms. The smallest absolute Gasteiger partial charge is 0.164 e. The number of para-hydroxylation sites is 2. The van der Waals surface area contributed by atoms with Gasteiger partial charge in [0.2, 0.25) is 0 Å². The molecular formula is C54H37N5. The molecule has 0 spiro atoms. The molecule has 1 aliphatic carbocycles. The summed E-state index contributed by atoms with van der Waals surface area (Å²) in [6, 6.07) is 65.1. The van der Waals surface area contributed by atoms with Crippen molar-refractivity contribution in [3.8, 4) is 56.7 Å². The van der Waals surface area contributed by atoms with E-state index in [9.17, 15) is 0 Å². The molecule has 0 amide bonds. The Balaban J connectivity index is 0.990. The minimum atomic E-state index is -0.270. The van der Waals surface area contributed by atoms with Crippen molar-refractivity contribution in [3.63, 3.8) is 0 Å². The van der Waals surface area contributed by atoms with Crippen molar-refractivity contribution in [2.24, 2.45) is 0 Å². The van der Waals surface area contributed by atoms with Crippen LogP contribution in [0.3, 0.4) is 0 Å². The Morgan fingerprint density at radius 1 is 0.390 bits per heavy atom. The van der Waals surface area contributed by atoms with Crippen LogP contribution in [0.15, 0.2) is 188 Å². The third-order valence-electron chi connectivity index (χ3n) is 12.3. The van der Waals surface area contributed by atoms with E-state index in [1.165, 1.54) is 65.7 Å². The first-order valence-electron chi connectivity index (χ1n) is 20.2. The van der Waals surface area contributed by atoms with Crippen molar-refractivity contribution in [2.75, 3.05) is 0 Å². The van der Waals surface area contributed by atoms with Crippen LogP contribution in [0.25, 0.3) is 100 Å². The molecule has 0 fully saturated rings. The topological polar surface area (TPSA) is 48.5 Å². The summed E-state index contributed by atoms with van der Waals surface area (Å²) in [7, 11) is 0. The fraction of sp³-hybridized carbons (Fsp3) is 0.0556. The average molecular weight is 756 g/mol. The van der Waals surface area contributed by atoms with E-state index >= 15 is 0 Å². The van der Waals surface area contributed by atoms with Gasteiger partial charge in [0.25, 0.3) is 0 Å². The van der Waals surface area contributed by atoms with Gasteiger partial charge in [-0.1, -0.05) is 129 Å². The number of hydrogen-bond acceptors (Lipinski definition) is 3. The van der Waals surface area contributed by atoms with Gasteiger partial charge >= 0.3 is 0 Å². The van der Waals surface area contributed by atoms with Crippen molar-refractivity contribution in [1.29, 1.82) is 0 Å². The molecule has 12 rings (SSSR count). The van der Waals surface area contributed by atoms with Gasteiger partial charge in [-0.25, -0.2) is 15.0 Å². The van der Waals surface area contributed by atoms with E-state index in [0.29, 0.717) is 17.5 Å². The van der Waals surface area contributed by atoms with E-state index in [1.54, 1.807) is 0 Å². The lowest BCUT2D eigenvalue weighted by Crippen LogP contribution is -2.15. The number of rotatable bonds is 5. The van der Waals surface area contributed by atoms with Gasteiger partial charge < -0.3 is 9.13 Å². The van der Waals surface area contributed by atoms with E-state index in [0.717, 1.165) is 28.1 Å². The van der Waals surface area contributed by atoms with Gasteiger partial charge in [0.1, 0.15) is 0 Å². The Morgan fingerprint density at radius 3 is 1.68 bits per heavy atom. The highest BCUT2D eigenvalue weighted by Crippen LogP contribution is 2.50. The fourth-order valence-electron chi connectivity index (χ4n) is 9.38. The summed E-state index contributed by atoms with van der Waals surface area (Å²) in [5, 5.41) is 6.20. The molecule has 5 nitrogen and oxygen atoms in total. The third kappa shape index (κ3) is 5.21. The largest absolute Gasteiger partial charge is 0.317 e. The highest BCUT2D eigenvalue weighted by atomic mass is 15.0. The maximum atomic E-state index is 5.06. The molecule has 0 saturated carbocycles. The molecule has 3 aromatic heterocycles. The van der Waals surface area contributed by atoms with Crippen LogP contribution in [0.1, 0.15) is 25.0 Å². The molecule has 1 aliphatic rings. The minimum Gasteiger partial charge on any atom is -0.317 e. The number of benzene rings is 8. The van der Waals surface area contributed by atoms with E-state index in [-0.39, 0.29) is 5.41 Å². The van der Waals surface area contributed by atoms with Crippen molar-refractivity contribution in [3.05, 3.63) is 199 Å². The maximum Gasteiger partial charge on any atom is 0.164 e. The van der Waals surface area contributed by atoms with Crippen molar-refractivity contribution in [2.45, 2.75) is 19.3 Å². The number of aromatic nitrogens is 5. The van der Waals surface area contributed by atoms with Gasteiger partial charge in [0, 0.05) is 55.8 Å². The molecule has 5 heteroatoms. The molecular weight excluding hydrogens is 719 g/mol. The second-order valence-electron chi connectivity index (χ2n) is 16.2. The second-order valence-corrected chi connectivity index (χ2v) is 16.2. The van der Waals surface area contributed by atoms with Crippen LogP contribution in [0.5, 0.6) is 0 Å². The standard InChI is InChI=1S/C54H37N5/c1-54(2)46-30-37(53-56-51(34-14-6-3-7-15-34)55-52(57-53)35-16-8-4-9-17-35)22-24-42(46)43-25-23-41(33-47(43)54)59-48-21-13-12-20-44(48)45-29-38-28-36-26-27-58(40-18-10-5-11-19-40)49(36)31-39(38)32-50(45)59/h3-33H,1-2H3. The van der Waals surface area contributed by atoms with Crippen LogP contribution in [-0.4, -0.2) is 24.1 Å². The van der Waals surface area contributed by atoms with Gasteiger partial charge in [0.05, 0.1) is 16.6 Å². The van der Waals surface area contributed by atoms with E-state index in [1.807, 2.05) is 36.4 Å². The molecule has 0 bridgehead atoms. The monoisotopic (exact) mass is 755 g/mol. The van der Waals surface area contributed by atoms with Crippen molar-refractivity contribution in [1.82, 2.24) is 24.1 Å². The van der Waals surface area contributed by atoms with Gasteiger partial charge in [-0.3, -0.25) is 0 Å². The third-order valence-corrected chi connectivity index (χ3v) is 12.3. The molecule has 0 atom stereocenters. The Morgan fingerprint density at radius 2 is 0.966 bits per heavy atom. The predicted molar refractivity (Wildman–Crippen MR) is 242 cm³/mol. The van der Waals surface area contributed by atoms with Crippen molar-refractivity contribution < 1.29 is 0 Å². The zero-order chi connectivity index (χ0) is 39.2. The lowest BCUT2D eigenvalue weighted by Gasteiger charge is -2.23. The SMILES string of the molecule is CC1(C)c2cc(-c3nc(-c4ccccc4)nc(-c4ccccc4)n3)ccc2-c2ccc(-n3c4ccccc4c4cc5cc6ccn(-c7ccccc7)c6cc5cc43)cc21. The Kier molecular flexibility index (Phi) is 7.20. The second kappa shape index (κ2) is 12.7. The molecule has 3 heterocycles. The fourth-order valence-corrected chi connectivity index (χ4v) is 9.38. The van der Waals surface area contributed by atoms with Gasteiger partial charge in [-0.15, -0.1) is 0 Å². The summed E-state index contributed by atoms with van der Waals surface area (Å²) in [5.74, 6) is 1.99. The number of nitrogens with zero attached hydrogens (tertiary/aromatic N) is 5. The lowest BCUT2D eigenvalue weighted by atomic mass is 9.82. The Bertz CT molecular complexity index is 3390. The van der Waals surface area contributed by atoms with Crippen molar-refractivity contribution >= 4 is 43.5 Å². The normalized spacial score (nSPS) is 13.1. The molecule has 0 aliphatic heterocycles. The maximum absolute atomic E-state index is 5.06. The average Bonchev–Trinajstić information content (AvgIpc) is 3.92. The molecule has 0 unspecified atom stereocenters. The molecule has 278 valence electrons. The van der Waals surface area contributed by atoms with Gasteiger partial charge in [-0.05, 0) is 99.8 Å². The summed E-state index contributed by atoms with van der Waals surface area (Å²) >= 11 is 0. The summed E-state index contributed by atoms with van der Waals surface area (Å²) in [5.41, 5.74) is 13.6. The Labute approximate surface area is 341 Å². The van der Waals surface area contributed by atoms with E-state index in [4.69, 9.17) is 15.0 Å².